The molecule has 3 rings (SSSR count). The average Bonchev–Trinajstić information content (AvgIpc) is 3.26. The quantitative estimate of drug-likeness (QED) is 0.739. The highest BCUT2D eigenvalue weighted by atomic mass is 79.9. The maximum absolute atomic E-state index is 5.41. The summed E-state index contributed by atoms with van der Waals surface area (Å²) in [4.78, 5) is 8.22. The molecule has 19 heavy (non-hydrogen) atoms. The van der Waals surface area contributed by atoms with Gasteiger partial charge in [-0.3, -0.25) is 0 Å². The summed E-state index contributed by atoms with van der Waals surface area (Å²) in [5.41, 5.74) is 1.30. The smallest absolute Gasteiger partial charge is 0.144 e. The minimum absolute atomic E-state index is 0.593. The molecule has 0 saturated heterocycles. The summed E-state index contributed by atoms with van der Waals surface area (Å²) in [6, 6.07) is 0. The number of aromatic nitrogens is 2. The molecule has 1 heterocycles. The van der Waals surface area contributed by atoms with Crippen LogP contribution in [0.15, 0.2) is 4.47 Å². The fourth-order valence-electron chi connectivity index (χ4n) is 3.19. The number of hydrogen-bond donors (Lipinski definition) is 1. The number of rotatable bonds is 3. The average molecular weight is 341 g/mol. The number of H-pyrrole nitrogens is 1. The first-order chi connectivity index (χ1) is 9.19. The summed E-state index contributed by atoms with van der Waals surface area (Å²) < 4.78 is 1.77. The molecule has 2 nitrogen and oxygen atoms in total. The molecule has 104 valence electrons. The third-order valence-corrected chi connectivity index (χ3v) is 6.07. The lowest BCUT2D eigenvalue weighted by molar-refractivity contribution is 0.311. The minimum atomic E-state index is 0.593. The van der Waals surface area contributed by atoms with Crippen LogP contribution >= 0.6 is 28.1 Å². The van der Waals surface area contributed by atoms with E-state index < -0.39 is 0 Å². The minimum Gasteiger partial charge on any atom is -0.346 e. The zero-order valence-electron chi connectivity index (χ0n) is 11.4. The van der Waals surface area contributed by atoms with Gasteiger partial charge >= 0.3 is 0 Å². The zero-order chi connectivity index (χ0) is 13.4. The highest BCUT2D eigenvalue weighted by Gasteiger charge is 2.29. The lowest BCUT2D eigenvalue weighted by Gasteiger charge is -2.27. The second kappa shape index (κ2) is 5.65. The van der Waals surface area contributed by atoms with E-state index in [1.165, 1.54) is 50.6 Å². The van der Waals surface area contributed by atoms with Crippen molar-refractivity contribution in [2.24, 2.45) is 5.92 Å². The molecule has 0 unspecified atom stereocenters. The van der Waals surface area contributed by atoms with E-state index >= 15 is 0 Å². The molecule has 0 aliphatic heterocycles. The third kappa shape index (κ3) is 2.94. The van der Waals surface area contributed by atoms with E-state index in [0.29, 0.717) is 11.8 Å². The van der Waals surface area contributed by atoms with E-state index in [1.54, 1.807) is 0 Å². The SMILES string of the molecule is CCC1CCC(c2nc(=S)c(Br)c(C3CC3)[nH]2)CC1. The lowest BCUT2D eigenvalue weighted by atomic mass is 9.80. The van der Waals surface area contributed by atoms with Crippen LogP contribution in [0.3, 0.4) is 0 Å². The van der Waals surface area contributed by atoms with Crippen molar-refractivity contribution in [3.63, 3.8) is 0 Å². The van der Waals surface area contributed by atoms with Gasteiger partial charge in [-0.2, -0.15) is 0 Å². The van der Waals surface area contributed by atoms with E-state index in [2.05, 4.69) is 32.8 Å². The van der Waals surface area contributed by atoms with Crippen LogP contribution in [0.2, 0.25) is 0 Å². The summed E-state index contributed by atoms with van der Waals surface area (Å²) in [5.74, 6) is 3.35. The molecule has 0 atom stereocenters. The van der Waals surface area contributed by atoms with Crippen molar-refractivity contribution in [1.82, 2.24) is 9.97 Å². The highest BCUT2D eigenvalue weighted by molar-refractivity contribution is 9.10. The van der Waals surface area contributed by atoms with Crippen LogP contribution in [-0.2, 0) is 0 Å². The first-order valence-corrected chi connectivity index (χ1v) is 8.68. The van der Waals surface area contributed by atoms with Gasteiger partial charge in [0.1, 0.15) is 10.5 Å². The van der Waals surface area contributed by atoms with Crippen molar-refractivity contribution in [1.29, 1.82) is 0 Å². The lowest BCUT2D eigenvalue weighted by Crippen LogP contribution is -2.15. The molecular formula is C15H21BrN2S. The molecule has 0 bridgehead atoms. The maximum atomic E-state index is 5.41. The van der Waals surface area contributed by atoms with E-state index in [0.717, 1.165) is 20.9 Å². The normalized spacial score (nSPS) is 27.5. The van der Waals surface area contributed by atoms with Crippen LogP contribution in [0.25, 0.3) is 0 Å². The van der Waals surface area contributed by atoms with Crippen LogP contribution in [0.5, 0.6) is 0 Å². The van der Waals surface area contributed by atoms with E-state index in [4.69, 9.17) is 12.2 Å². The molecule has 2 aliphatic rings. The van der Waals surface area contributed by atoms with Gasteiger partial charge in [0.15, 0.2) is 0 Å². The van der Waals surface area contributed by atoms with Gasteiger partial charge in [-0.25, -0.2) is 4.98 Å². The highest BCUT2D eigenvalue weighted by Crippen LogP contribution is 2.43. The number of nitrogens with zero attached hydrogens (tertiary/aromatic N) is 1. The summed E-state index contributed by atoms with van der Waals surface area (Å²) in [5, 5.41) is 0. The van der Waals surface area contributed by atoms with Gasteiger partial charge in [0.05, 0.1) is 4.47 Å². The molecule has 0 spiro atoms. The van der Waals surface area contributed by atoms with Gasteiger partial charge in [-0.15, -0.1) is 0 Å². The molecule has 0 radical (unpaired) electrons. The maximum Gasteiger partial charge on any atom is 0.144 e. The molecule has 2 saturated carbocycles. The first-order valence-electron chi connectivity index (χ1n) is 7.48. The molecule has 1 aromatic rings. The zero-order valence-corrected chi connectivity index (χ0v) is 13.8. The van der Waals surface area contributed by atoms with Gasteiger partial charge in [-0.1, -0.05) is 25.6 Å². The summed E-state index contributed by atoms with van der Waals surface area (Å²) >= 11 is 9.01. The Hall–Kier alpha value is -0.220. The van der Waals surface area contributed by atoms with Crippen molar-refractivity contribution < 1.29 is 0 Å². The molecule has 1 N–H and O–H groups in total. The second-order valence-electron chi connectivity index (χ2n) is 6.06. The molecule has 2 aliphatic carbocycles. The Morgan fingerprint density at radius 1 is 1.16 bits per heavy atom. The van der Waals surface area contributed by atoms with E-state index in [9.17, 15) is 0 Å². The van der Waals surface area contributed by atoms with Crippen LogP contribution in [0.1, 0.15) is 75.2 Å². The number of aromatic amines is 1. The fourth-order valence-corrected chi connectivity index (χ4v) is 3.91. The van der Waals surface area contributed by atoms with Gasteiger partial charge in [-0.05, 0) is 60.4 Å². The van der Waals surface area contributed by atoms with Crippen molar-refractivity contribution in [3.05, 3.63) is 20.6 Å². The monoisotopic (exact) mass is 340 g/mol. The topological polar surface area (TPSA) is 28.7 Å². The molecular weight excluding hydrogens is 320 g/mol. The van der Waals surface area contributed by atoms with Crippen molar-refractivity contribution in [2.45, 2.75) is 63.7 Å². The Labute approximate surface area is 128 Å². The summed E-state index contributed by atoms with van der Waals surface area (Å²) in [6.45, 7) is 2.31. The molecule has 0 amide bonds. The van der Waals surface area contributed by atoms with Crippen molar-refractivity contribution in [3.8, 4) is 0 Å². The second-order valence-corrected chi connectivity index (χ2v) is 7.23. The molecule has 2 fully saturated rings. The molecule has 4 heteroatoms. The Kier molecular flexibility index (Phi) is 4.08. The Morgan fingerprint density at radius 2 is 1.79 bits per heavy atom. The third-order valence-electron chi connectivity index (χ3n) is 4.71. The van der Waals surface area contributed by atoms with Crippen molar-refractivity contribution >= 4 is 28.1 Å². The Balaban J connectivity index is 1.83. The number of hydrogen-bond acceptors (Lipinski definition) is 2. The van der Waals surface area contributed by atoms with Gasteiger partial charge in [0, 0.05) is 17.5 Å². The molecule has 1 aromatic heterocycles. The number of halogens is 1. The molecule has 0 aromatic carbocycles. The predicted octanol–water partition coefficient (Wildman–Crippen LogP) is 5.46. The van der Waals surface area contributed by atoms with E-state index in [1.807, 2.05) is 0 Å². The van der Waals surface area contributed by atoms with Gasteiger partial charge < -0.3 is 4.98 Å². The van der Waals surface area contributed by atoms with Crippen LogP contribution < -0.4 is 0 Å². The largest absolute Gasteiger partial charge is 0.346 e. The van der Waals surface area contributed by atoms with Gasteiger partial charge in [0.25, 0.3) is 0 Å². The van der Waals surface area contributed by atoms with Crippen molar-refractivity contribution in [2.75, 3.05) is 0 Å². The first kappa shape index (κ1) is 13.7. The Morgan fingerprint density at radius 3 is 2.37 bits per heavy atom. The van der Waals surface area contributed by atoms with Gasteiger partial charge in [0.2, 0.25) is 0 Å². The summed E-state index contributed by atoms with van der Waals surface area (Å²) in [6.07, 6.45) is 9.12. The predicted molar refractivity (Wildman–Crippen MR) is 84.1 cm³/mol. The summed E-state index contributed by atoms with van der Waals surface area (Å²) in [7, 11) is 0. The van der Waals surface area contributed by atoms with E-state index in [-0.39, 0.29) is 0 Å². The van der Waals surface area contributed by atoms with Crippen LogP contribution in [0, 0.1) is 10.6 Å². The Bertz CT molecular complexity index is 513. The van der Waals surface area contributed by atoms with Crippen LogP contribution in [0.4, 0.5) is 0 Å². The number of nitrogens with one attached hydrogen (secondary N) is 1. The fraction of sp³-hybridized carbons (Fsp3) is 0.733. The van der Waals surface area contributed by atoms with Crippen LogP contribution in [-0.4, -0.2) is 9.97 Å². The standard InChI is InChI=1S/C15H21BrN2S/c1-2-9-3-5-11(6-4-9)14-17-13(10-7-8-10)12(16)15(19)18-14/h9-11H,2-8H2,1H3,(H,17,18,19).